The molecule has 0 bridgehead atoms. The van der Waals surface area contributed by atoms with Gasteiger partial charge >= 0.3 is 0 Å². The van der Waals surface area contributed by atoms with Crippen molar-refractivity contribution in [1.82, 2.24) is 24.7 Å². The summed E-state index contributed by atoms with van der Waals surface area (Å²) < 4.78 is 6.94. The fourth-order valence-corrected chi connectivity index (χ4v) is 2.46. The quantitative estimate of drug-likeness (QED) is 0.582. The Morgan fingerprint density at radius 2 is 1.87 bits per heavy atom. The maximum atomic E-state index is 5.21. The van der Waals surface area contributed by atoms with E-state index < -0.39 is 0 Å². The molecule has 0 amide bonds. The molecule has 4 aromatic rings. The molecule has 0 aliphatic rings. The molecule has 6 heteroatoms. The first-order valence-corrected chi connectivity index (χ1v) is 7.11. The van der Waals surface area contributed by atoms with Crippen LogP contribution < -0.4 is 4.74 Å². The first kappa shape index (κ1) is 13.4. The normalized spacial score (nSPS) is 10.8. The van der Waals surface area contributed by atoms with Gasteiger partial charge in [-0.1, -0.05) is 6.07 Å². The standard InChI is InChI=1S/C17H13N5O/c1-23-13-7-5-12(6-8-13)16-14-10-18-11-20-17(14)22(21-16)15-4-2-3-9-19-15/h2-11H,1H3. The molecule has 0 atom stereocenters. The van der Waals surface area contributed by atoms with Gasteiger partial charge in [0.1, 0.15) is 17.8 Å². The Morgan fingerprint density at radius 3 is 2.61 bits per heavy atom. The third kappa shape index (κ3) is 2.30. The zero-order chi connectivity index (χ0) is 15.6. The molecule has 23 heavy (non-hydrogen) atoms. The number of ether oxygens (including phenoxy) is 1. The van der Waals surface area contributed by atoms with Gasteiger partial charge in [0.15, 0.2) is 11.5 Å². The van der Waals surface area contributed by atoms with Crippen LogP contribution in [0.1, 0.15) is 0 Å². The predicted molar refractivity (Wildman–Crippen MR) is 86.4 cm³/mol. The van der Waals surface area contributed by atoms with E-state index in [0.29, 0.717) is 0 Å². The monoisotopic (exact) mass is 303 g/mol. The van der Waals surface area contributed by atoms with Crippen LogP contribution in [-0.4, -0.2) is 31.8 Å². The predicted octanol–water partition coefficient (Wildman–Crippen LogP) is 2.89. The highest BCUT2D eigenvalue weighted by atomic mass is 16.5. The average Bonchev–Trinajstić information content (AvgIpc) is 3.02. The second kappa shape index (κ2) is 5.49. The van der Waals surface area contributed by atoms with Crippen LogP contribution in [0, 0.1) is 0 Å². The Morgan fingerprint density at radius 1 is 1.00 bits per heavy atom. The van der Waals surface area contributed by atoms with Crippen molar-refractivity contribution in [3.05, 3.63) is 61.2 Å². The summed E-state index contributed by atoms with van der Waals surface area (Å²) in [7, 11) is 1.65. The van der Waals surface area contributed by atoms with Crippen molar-refractivity contribution in [2.45, 2.75) is 0 Å². The molecule has 0 fully saturated rings. The van der Waals surface area contributed by atoms with Crippen molar-refractivity contribution in [3.63, 3.8) is 0 Å². The number of rotatable bonds is 3. The van der Waals surface area contributed by atoms with E-state index in [1.807, 2.05) is 42.5 Å². The van der Waals surface area contributed by atoms with Gasteiger partial charge in [-0.2, -0.15) is 9.78 Å². The van der Waals surface area contributed by atoms with Gasteiger partial charge in [0.25, 0.3) is 0 Å². The number of hydrogen-bond acceptors (Lipinski definition) is 5. The van der Waals surface area contributed by atoms with Gasteiger partial charge in [0, 0.05) is 18.0 Å². The van der Waals surface area contributed by atoms with Crippen LogP contribution >= 0.6 is 0 Å². The van der Waals surface area contributed by atoms with E-state index in [0.717, 1.165) is 33.9 Å². The molecule has 0 saturated carbocycles. The fraction of sp³-hybridized carbons (Fsp3) is 0.0588. The molecule has 0 aliphatic heterocycles. The lowest BCUT2D eigenvalue weighted by atomic mass is 10.1. The molecule has 6 nitrogen and oxygen atoms in total. The molecule has 0 spiro atoms. The Kier molecular flexibility index (Phi) is 3.20. The van der Waals surface area contributed by atoms with Gasteiger partial charge in [-0.05, 0) is 36.4 Å². The number of aromatic nitrogens is 5. The fourth-order valence-electron chi connectivity index (χ4n) is 2.46. The number of benzene rings is 1. The first-order chi connectivity index (χ1) is 11.4. The van der Waals surface area contributed by atoms with Crippen LogP contribution in [0.25, 0.3) is 28.1 Å². The average molecular weight is 303 g/mol. The zero-order valence-corrected chi connectivity index (χ0v) is 12.4. The number of pyridine rings is 1. The molecule has 0 unspecified atom stereocenters. The topological polar surface area (TPSA) is 65.7 Å². The molecule has 4 rings (SSSR count). The maximum Gasteiger partial charge on any atom is 0.168 e. The molecule has 3 aromatic heterocycles. The second-order valence-electron chi connectivity index (χ2n) is 4.94. The molecule has 0 saturated heterocycles. The smallest absolute Gasteiger partial charge is 0.168 e. The van der Waals surface area contributed by atoms with Gasteiger partial charge in [-0.15, -0.1) is 0 Å². The van der Waals surface area contributed by atoms with E-state index in [9.17, 15) is 0 Å². The van der Waals surface area contributed by atoms with Crippen LogP contribution in [0.2, 0.25) is 0 Å². The highest BCUT2D eigenvalue weighted by Gasteiger charge is 2.15. The van der Waals surface area contributed by atoms with E-state index in [1.54, 1.807) is 24.2 Å². The lowest BCUT2D eigenvalue weighted by molar-refractivity contribution is 0.415. The van der Waals surface area contributed by atoms with Crippen molar-refractivity contribution < 1.29 is 4.74 Å². The highest BCUT2D eigenvalue weighted by molar-refractivity contribution is 5.91. The van der Waals surface area contributed by atoms with Crippen molar-refractivity contribution in [3.8, 4) is 22.8 Å². The van der Waals surface area contributed by atoms with Crippen LogP contribution in [0.3, 0.4) is 0 Å². The third-order valence-electron chi connectivity index (χ3n) is 3.58. The molecule has 1 aromatic carbocycles. The summed E-state index contributed by atoms with van der Waals surface area (Å²) in [5.41, 5.74) is 2.51. The van der Waals surface area contributed by atoms with Crippen LogP contribution in [0.4, 0.5) is 0 Å². The number of methoxy groups -OCH3 is 1. The lowest BCUT2D eigenvalue weighted by Crippen LogP contribution is -2.00. The maximum absolute atomic E-state index is 5.21. The molecule has 112 valence electrons. The van der Waals surface area contributed by atoms with Crippen molar-refractivity contribution in [2.75, 3.05) is 7.11 Å². The Bertz CT molecular complexity index is 948. The van der Waals surface area contributed by atoms with Crippen LogP contribution in [0.15, 0.2) is 61.2 Å². The number of nitrogens with zero attached hydrogens (tertiary/aromatic N) is 5. The summed E-state index contributed by atoms with van der Waals surface area (Å²) in [5, 5.41) is 5.57. The van der Waals surface area contributed by atoms with Crippen LogP contribution in [0.5, 0.6) is 5.75 Å². The van der Waals surface area contributed by atoms with Crippen molar-refractivity contribution in [2.24, 2.45) is 0 Å². The second-order valence-corrected chi connectivity index (χ2v) is 4.94. The SMILES string of the molecule is COc1ccc(-c2nn(-c3ccccn3)c3ncncc23)cc1. The minimum absolute atomic E-state index is 0.718. The summed E-state index contributed by atoms with van der Waals surface area (Å²) in [4.78, 5) is 12.8. The minimum atomic E-state index is 0.718. The highest BCUT2D eigenvalue weighted by Crippen LogP contribution is 2.28. The molecule has 0 radical (unpaired) electrons. The minimum Gasteiger partial charge on any atom is -0.497 e. The van der Waals surface area contributed by atoms with E-state index in [1.165, 1.54) is 6.33 Å². The largest absolute Gasteiger partial charge is 0.497 e. The zero-order valence-electron chi connectivity index (χ0n) is 12.4. The molecular formula is C17H13N5O. The molecule has 3 heterocycles. The summed E-state index contributed by atoms with van der Waals surface area (Å²) >= 11 is 0. The van der Waals surface area contributed by atoms with E-state index in [4.69, 9.17) is 9.84 Å². The summed E-state index contributed by atoms with van der Waals surface area (Å²) in [6, 6.07) is 13.4. The van der Waals surface area contributed by atoms with Crippen molar-refractivity contribution >= 4 is 11.0 Å². The molecular weight excluding hydrogens is 290 g/mol. The summed E-state index contributed by atoms with van der Waals surface area (Å²) in [6.07, 6.45) is 5.02. The van der Waals surface area contributed by atoms with E-state index in [2.05, 4.69) is 15.0 Å². The van der Waals surface area contributed by atoms with Gasteiger partial charge in [-0.25, -0.2) is 15.0 Å². The summed E-state index contributed by atoms with van der Waals surface area (Å²) in [5.74, 6) is 1.52. The van der Waals surface area contributed by atoms with Gasteiger partial charge in [-0.3, -0.25) is 0 Å². The third-order valence-corrected chi connectivity index (χ3v) is 3.58. The first-order valence-electron chi connectivity index (χ1n) is 7.11. The van der Waals surface area contributed by atoms with Crippen LogP contribution in [-0.2, 0) is 0 Å². The Balaban J connectivity index is 1.93. The Labute approximate surface area is 132 Å². The number of hydrogen-bond donors (Lipinski definition) is 0. The van der Waals surface area contributed by atoms with Gasteiger partial charge < -0.3 is 4.74 Å². The van der Waals surface area contributed by atoms with Crippen molar-refractivity contribution in [1.29, 1.82) is 0 Å². The van der Waals surface area contributed by atoms with E-state index >= 15 is 0 Å². The Hall–Kier alpha value is -3.28. The summed E-state index contributed by atoms with van der Waals surface area (Å²) in [6.45, 7) is 0. The molecule has 0 N–H and O–H groups in total. The molecule has 0 aliphatic carbocycles. The van der Waals surface area contributed by atoms with E-state index in [-0.39, 0.29) is 0 Å². The van der Waals surface area contributed by atoms with Gasteiger partial charge in [0.2, 0.25) is 0 Å². The van der Waals surface area contributed by atoms with Gasteiger partial charge in [0.05, 0.1) is 12.5 Å². The lowest BCUT2D eigenvalue weighted by Gasteiger charge is -2.01. The number of fused-ring (bicyclic) bond motifs is 1.